The highest BCUT2D eigenvalue weighted by atomic mass is 19.4. The first-order chi connectivity index (χ1) is 18.1. The van der Waals surface area contributed by atoms with Gasteiger partial charge in [0.15, 0.2) is 0 Å². The van der Waals surface area contributed by atoms with Crippen LogP contribution in [0.3, 0.4) is 0 Å². The van der Waals surface area contributed by atoms with E-state index in [1.807, 2.05) is 24.3 Å². The maximum atomic E-state index is 12.2. The first-order valence-electron chi connectivity index (χ1n) is 11.3. The van der Waals surface area contributed by atoms with Gasteiger partial charge in [-0.05, 0) is 47.6 Å². The first kappa shape index (κ1) is 31.3. The molecule has 1 aromatic heterocycles. The van der Waals surface area contributed by atoms with Crippen LogP contribution in [-0.2, 0) is 20.9 Å². The largest absolute Gasteiger partial charge is 0.497 e. The summed E-state index contributed by atoms with van der Waals surface area (Å²) in [5.41, 5.74) is 2.09. The van der Waals surface area contributed by atoms with E-state index in [0.717, 1.165) is 31.1 Å². The van der Waals surface area contributed by atoms with Gasteiger partial charge in [-0.1, -0.05) is 12.1 Å². The van der Waals surface area contributed by atoms with Gasteiger partial charge >= 0.3 is 24.3 Å². The van der Waals surface area contributed by atoms with Crippen LogP contribution in [0.5, 0.6) is 5.75 Å². The number of benzene rings is 1. The molecule has 39 heavy (non-hydrogen) atoms. The Hall–Kier alpha value is -3.88. The summed E-state index contributed by atoms with van der Waals surface area (Å²) in [6, 6.07) is 12.0. The number of rotatable bonds is 6. The number of piperidine rings is 1. The molecule has 214 valence electrons. The summed E-state index contributed by atoms with van der Waals surface area (Å²) >= 11 is 0. The van der Waals surface area contributed by atoms with E-state index in [0.29, 0.717) is 24.2 Å². The van der Waals surface area contributed by atoms with Crippen molar-refractivity contribution in [1.82, 2.24) is 9.88 Å². The molecule has 1 aromatic carbocycles. The molecular formula is C24H25F6N3O6. The molecule has 2 aromatic rings. The van der Waals surface area contributed by atoms with Crippen molar-refractivity contribution in [3.8, 4) is 5.75 Å². The summed E-state index contributed by atoms with van der Waals surface area (Å²) in [6.45, 7) is 3.18. The molecule has 2 fully saturated rings. The van der Waals surface area contributed by atoms with E-state index < -0.39 is 24.3 Å². The molecule has 3 N–H and O–H groups in total. The van der Waals surface area contributed by atoms with Gasteiger partial charge in [0.25, 0.3) is 0 Å². The zero-order chi connectivity index (χ0) is 29.4. The average Bonchev–Trinajstić information content (AvgIpc) is 3.28. The number of nitrogens with zero attached hydrogens (tertiary/aromatic N) is 2. The molecule has 0 radical (unpaired) electrons. The molecule has 1 saturated carbocycles. The number of carbonyl (C=O) groups excluding carboxylic acids is 1. The molecule has 2 aliphatic rings. The molecule has 1 aliphatic carbocycles. The number of carboxylic acid groups (broad SMARTS) is 2. The second-order valence-corrected chi connectivity index (χ2v) is 8.63. The number of amides is 1. The molecule has 9 nitrogen and oxygen atoms in total. The highest BCUT2D eigenvalue weighted by Gasteiger charge is 2.55. The lowest BCUT2D eigenvalue weighted by Gasteiger charge is -2.19. The lowest BCUT2D eigenvalue weighted by atomic mass is 10.1. The number of fused-ring (bicyclic) bond motifs is 1. The number of nitrogens with one attached hydrogen (secondary N) is 1. The normalized spacial score (nSPS) is 19.8. The van der Waals surface area contributed by atoms with E-state index in [1.54, 1.807) is 19.5 Å². The van der Waals surface area contributed by atoms with Crippen molar-refractivity contribution in [3.05, 3.63) is 54.4 Å². The lowest BCUT2D eigenvalue weighted by molar-refractivity contribution is -0.193. The summed E-state index contributed by atoms with van der Waals surface area (Å²) in [5, 5.41) is 17.2. The predicted octanol–water partition coefficient (Wildman–Crippen LogP) is 4.06. The number of pyridine rings is 1. The van der Waals surface area contributed by atoms with E-state index in [9.17, 15) is 31.1 Å². The van der Waals surface area contributed by atoms with Gasteiger partial charge in [-0.15, -0.1) is 0 Å². The number of hydrogen-bond donors (Lipinski definition) is 3. The number of aromatic nitrogens is 1. The topological polar surface area (TPSA) is 129 Å². The van der Waals surface area contributed by atoms with Gasteiger partial charge in [0.05, 0.1) is 19.0 Å². The second kappa shape index (κ2) is 13.3. The quantitative estimate of drug-likeness (QED) is 0.448. The number of halogens is 6. The third-order valence-corrected chi connectivity index (χ3v) is 5.86. The van der Waals surface area contributed by atoms with Gasteiger partial charge in [-0.25, -0.2) is 9.59 Å². The number of carboxylic acids is 2. The zero-order valence-corrected chi connectivity index (χ0v) is 20.4. The van der Waals surface area contributed by atoms with E-state index in [-0.39, 0.29) is 5.91 Å². The Kier molecular flexibility index (Phi) is 10.7. The summed E-state index contributed by atoms with van der Waals surface area (Å²) in [4.78, 5) is 36.5. The Morgan fingerprint density at radius 3 is 1.90 bits per heavy atom. The molecule has 1 amide bonds. The van der Waals surface area contributed by atoms with Crippen LogP contribution >= 0.6 is 0 Å². The van der Waals surface area contributed by atoms with E-state index in [1.165, 1.54) is 5.56 Å². The molecule has 1 unspecified atom stereocenters. The zero-order valence-electron chi connectivity index (χ0n) is 20.4. The van der Waals surface area contributed by atoms with Gasteiger partial charge in [0, 0.05) is 32.3 Å². The van der Waals surface area contributed by atoms with Crippen LogP contribution in [0.15, 0.2) is 48.8 Å². The van der Waals surface area contributed by atoms with Crippen LogP contribution in [-0.4, -0.2) is 70.5 Å². The number of aliphatic carboxylic acids is 2. The van der Waals surface area contributed by atoms with Gasteiger partial charge in [0.2, 0.25) is 5.91 Å². The highest BCUT2D eigenvalue weighted by molar-refractivity contribution is 5.90. The van der Waals surface area contributed by atoms with Crippen LogP contribution in [0.2, 0.25) is 0 Å². The van der Waals surface area contributed by atoms with Crippen LogP contribution in [0, 0.1) is 17.8 Å². The van der Waals surface area contributed by atoms with Gasteiger partial charge in [-0.3, -0.25) is 14.7 Å². The summed E-state index contributed by atoms with van der Waals surface area (Å²) < 4.78 is 68.7. The van der Waals surface area contributed by atoms with Crippen molar-refractivity contribution >= 4 is 23.5 Å². The second-order valence-electron chi connectivity index (χ2n) is 8.63. The molecule has 3 atom stereocenters. The summed E-state index contributed by atoms with van der Waals surface area (Å²) in [7, 11) is 1.69. The Morgan fingerprint density at radius 2 is 1.49 bits per heavy atom. The maximum Gasteiger partial charge on any atom is 0.490 e. The Labute approximate surface area is 218 Å². The predicted molar refractivity (Wildman–Crippen MR) is 124 cm³/mol. The number of likely N-dealkylation sites (tertiary alicyclic amines) is 1. The number of ether oxygens (including phenoxy) is 1. The standard InChI is InChI=1S/C20H23N3O2.2C2HF3O2/c1-25-16-6-4-14(5-7-16)11-23-12-18-17(19(18)13-23)9-20(24)22-15-3-2-8-21-10-15;2*3-2(4,5)1(6)7/h2-8,10,17-19H,9,11-13H2,1H3,(H,22,24);2*(H,6,7)/t17?,18-,19+;;. The SMILES string of the molecule is COc1ccc(CN2C[C@@H]3C(CC(=O)Nc4cccnc4)[C@@H]3C2)cc1.O=C(O)C(F)(F)F.O=C(O)C(F)(F)F. The van der Waals surface area contributed by atoms with Gasteiger partial charge < -0.3 is 20.3 Å². The molecule has 4 rings (SSSR count). The summed E-state index contributed by atoms with van der Waals surface area (Å²) in [6.07, 6.45) is -6.15. The third kappa shape index (κ3) is 10.4. The Morgan fingerprint density at radius 1 is 0.974 bits per heavy atom. The molecule has 2 heterocycles. The number of alkyl halides is 6. The summed E-state index contributed by atoms with van der Waals surface area (Å²) in [5.74, 6) is -2.61. The molecule has 15 heteroatoms. The fraction of sp³-hybridized carbons (Fsp3) is 0.417. The van der Waals surface area contributed by atoms with Crippen molar-refractivity contribution in [2.45, 2.75) is 25.3 Å². The fourth-order valence-corrected chi connectivity index (χ4v) is 4.02. The van der Waals surface area contributed by atoms with Gasteiger partial charge in [0.1, 0.15) is 5.75 Å². The molecule has 0 bridgehead atoms. The Balaban J connectivity index is 0.000000317. The molecule has 1 saturated heterocycles. The number of anilines is 1. The minimum absolute atomic E-state index is 0.106. The molecule has 0 spiro atoms. The van der Waals surface area contributed by atoms with E-state index in [4.69, 9.17) is 24.5 Å². The minimum atomic E-state index is -5.08. The number of methoxy groups -OCH3 is 1. The Bertz CT molecular complexity index is 1080. The van der Waals surface area contributed by atoms with Crippen LogP contribution in [0.1, 0.15) is 12.0 Å². The van der Waals surface area contributed by atoms with Crippen molar-refractivity contribution in [2.75, 3.05) is 25.5 Å². The van der Waals surface area contributed by atoms with Gasteiger partial charge in [-0.2, -0.15) is 26.3 Å². The van der Waals surface area contributed by atoms with E-state index in [2.05, 4.69) is 27.3 Å². The van der Waals surface area contributed by atoms with Crippen LogP contribution in [0.4, 0.5) is 32.0 Å². The molecular weight excluding hydrogens is 540 g/mol. The first-order valence-corrected chi connectivity index (χ1v) is 11.3. The smallest absolute Gasteiger partial charge is 0.490 e. The van der Waals surface area contributed by atoms with Crippen molar-refractivity contribution in [2.24, 2.45) is 17.8 Å². The van der Waals surface area contributed by atoms with Crippen LogP contribution < -0.4 is 10.1 Å². The molecule has 1 aliphatic heterocycles. The van der Waals surface area contributed by atoms with Crippen molar-refractivity contribution < 1.29 is 55.7 Å². The number of carbonyl (C=O) groups is 3. The average molecular weight is 565 g/mol. The third-order valence-electron chi connectivity index (χ3n) is 5.86. The number of hydrogen-bond acceptors (Lipinski definition) is 6. The lowest BCUT2D eigenvalue weighted by Crippen LogP contribution is -2.25. The minimum Gasteiger partial charge on any atom is -0.497 e. The van der Waals surface area contributed by atoms with Crippen molar-refractivity contribution in [1.29, 1.82) is 0 Å². The highest BCUT2D eigenvalue weighted by Crippen LogP contribution is 2.53. The van der Waals surface area contributed by atoms with Crippen molar-refractivity contribution in [3.63, 3.8) is 0 Å². The maximum absolute atomic E-state index is 12.2. The van der Waals surface area contributed by atoms with E-state index >= 15 is 0 Å². The monoisotopic (exact) mass is 565 g/mol. The van der Waals surface area contributed by atoms with Crippen LogP contribution in [0.25, 0.3) is 0 Å². The fourth-order valence-electron chi connectivity index (χ4n) is 4.02.